The highest BCUT2D eigenvalue weighted by atomic mass is 16.5. The van der Waals surface area contributed by atoms with Crippen LogP contribution in [-0.2, 0) is 0 Å². The van der Waals surface area contributed by atoms with Crippen LogP contribution >= 0.6 is 0 Å². The molecule has 0 saturated carbocycles. The number of hydrogen-bond donors (Lipinski definition) is 4. The maximum atomic E-state index is 12.1. The third-order valence-corrected chi connectivity index (χ3v) is 3.83. The molecule has 26 heavy (non-hydrogen) atoms. The summed E-state index contributed by atoms with van der Waals surface area (Å²) in [6.45, 7) is 2.43. The van der Waals surface area contributed by atoms with E-state index < -0.39 is 34.4 Å². The lowest BCUT2D eigenvalue weighted by atomic mass is 9.94. The number of aromatic amines is 1. The number of nitrogens with two attached hydrogens (primary N) is 1. The van der Waals surface area contributed by atoms with Gasteiger partial charge in [0, 0.05) is 11.1 Å². The van der Waals surface area contributed by atoms with E-state index in [0.717, 1.165) is 19.3 Å². The Kier molecular flexibility index (Phi) is 6.00. The molecule has 0 spiro atoms. The van der Waals surface area contributed by atoms with E-state index >= 15 is 0 Å². The minimum atomic E-state index is -1.55. The minimum Gasteiger partial charge on any atom is -0.493 e. The number of hydrogen-bond acceptors (Lipinski definition) is 5. The zero-order valence-corrected chi connectivity index (χ0v) is 14.2. The van der Waals surface area contributed by atoms with Crippen molar-refractivity contribution >= 4 is 17.8 Å². The van der Waals surface area contributed by atoms with E-state index in [-0.39, 0.29) is 11.1 Å². The van der Waals surface area contributed by atoms with Crippen LogP contribution in [0.25, 0.3) is 11.1 Å². The number of nitrogens with one attached hydrogen (secondary N) is 1. The van der Waals surface area contributed by atoms with Gasteiger partial charge in [-0.3, -0.25) is 4.79 Å². The second kappa shape index (κ2) is 8.19. The Morgan fingerprint density at radius 3 is 2.38 bits per heavy atom. The number of anilines is 1. The standard InChI is InChI=1S/C18H20N2O6/c1-2-3-6-9-26-11-8-5-4-7-10(11)12-13(17(22)23)15(19)20-16(21)14(12)18(24)25/h4-5,7-8H,2-3,6,9H2,1H3,(H,22,23)(H,24,25)(H3,19,20,21). The number of carbonyl (C=O) groups is 2. The van der Waals surface area contributed by atoms with Gasteiger partial charge in [-0.05, 0) is 12.5 Å². The highest BCUT2D eigenvalue weighted by Crippen LogP contribution is 2.35. The Hall–Kier alpha value is -3.29. The molecule has 1 aromatic heterocycles. The normalized spacial score (nSPS) is 10.5. The number of aromatic nitrogens is 1. The van der Waals surface area contributed by atoms with Gasteiger partial charge >= 0.3 is 11.9 Å². The van der Waals surface area contributed by atoms with E-state index in [2.05, 4.69) is 4.98 Å². The number of benzene rings is 1. The van der Waals surface area contributed by atoms with E-state index in [0.29, 0.717) is 12.4 Å². The number of carboxylic acid groups (broad SMARTS) is 2. The summed E-state index contributed by atoms with van der Waals surface area (Å²) in [7, 11) is 0. The van der Waals surface area contributed by atoms with Gasteiger partial charge in [-0.15, -0.1) is 0 Å². The molecule has 2 aromatic rings. The molecule has 0 saturated heterocycles. The Balaban J connectivity index is 2.70. The molecular weight excluding hydrogens is 340 g/mol. The molecule has 8 heteroatoms. The number of rotatable bonds is 8. The van der Waals surface area contributed by atoms with Crippen LogP contribution in [0.1, 0.15) is 46.9 Å². The van der Waals surface area contributed by atoms with Crippen LogP contribution in [-0.4, -0.2) is 33.7 Å². The van der Waals surface area contributed by atoms with Crippen molar-refractivity contribution in [3.05, 3.63) is 45.7 Å². The summed E-state index contributed by atoms with van der Waals surface area (Å²) in [5.41, 5.74) is 3.42. The first-order valence-electron chi connectivity index (χ1n) is 8.13. The van der Waals surface area contributed by atoms with Crippen molar-refractivity contribution in [2.45, 2.75) is 26.2 Å². The molecule has 2 rings (SSSR count). The van der Waals surface area contributed by atoms with Gasteiger partial charge in [-0.25, -0.2) is 9.59 Å². The summed E-state index contributed by atoms with van der Waals surface area (Å²) >= 11 is 0. The van der Waals surface area contributed by atoms with E-state index in [1.54, 1.807) is 18.2 Å². The van der Waals surface area contributed by atoms with E-state index in [1.165, 1.54) is 6.07 Å². The first kappa shape index (κ1) is 19.0. The third kappa shape index (κ3) is 3.85. The molecule has 138 valence electrons. The zero-order chi connectivity index (χ0) is 19.3. The predicted octanol–water partition coefficient (Wildman–Crippen LogP) is 2.59. The minimum absolute atomic E-state index is 0.191. The summed E-state index contributed by atoms with van der Waals surface area (Å²) in [6.07, 6.45) is 2.75. The van der Waals surface area contributed by atoms with Crippen molar-refractivity contribution < 1.29 is 24.5 Å². The van der Waals surface area contributed by atoms with Gasteiger partial charge in [0.05, 0.1) is 6.61 Å². The smallest absolute Gasteiger partial charge is 0.342 e. The van der Waals surface area contributed by atoms with Gasteiger partial charge in [-0.1, -0.05) is 38.0 Å². The molecule has 1 aromatic carbocycles. The SMILES string of the molecule is CCCCCOc1ccccc1-c1c(C(=O)O)c(N)[nH]c(=O)c1C(=O)O. The number of unbranched alkanes of at least 4 members (excludes halogenated alkanes) is 2. The molecule has 1 heterocycles. The van der Waals surface area contributed by atoms with E-state index in [1.807, 2.05) is 6.92 Å². The summed E-state index contributed by atoms with van der Waals surface area (Å²) in [5.74, 6) is -3.12. The van der Waals surface area contributed by atoms with Crippen LogP contribution in [0.5, 0.6) is 5.75 Å². The van der Waals surface area contributed by atoms with Gasteiger partial charge < -0.3 is 25.7 Å². The molecule has 8 nitrogen and oxygen atoms in total. The van der Waals surface area contributed by atoms with Crippen molar-refractivity contribution in [1.29, 1.82) is 0 Å². The van der Waals surface area contributed by atoms with Crippen LogP contribution in [0.2, 0.25) is 0 Å². The monoisotopic (exact) mass is 360 g/mol. The molecule has 0 amide bonds. The highest BCUT2D eigenvalue weighted by Gasteiger charge is 2.28. The number of aromatic carboxylic acids is 2. The summed E-state index contributed by atoms with van der Waals surface area (Å²) in [4.78, 5) is 37.5. The van der Waals surface area contributed by atoms with Gasteiger partial charge in [0.1, 0.15) is 22.7 Å². The number of nitrogen functional groups attached to an aromatic ring is 1. The summed E-state index contributed by atoms with van der Waals surface area (Å²) in [5, 5.41) is 19.0. The number of ether oxygens (including phenoxy) is 1. The van der Waals surface area contributed by atoms with Gasteiger partial charge in [0.25, 0.3) is 5.56 Å². The number of pyridine rings is 1. The number of para-hydroxylation sites is 1. The lowest BCUT2D eigenvalue weighted by Gasteiger charge is -2.16. The summed E-state index contributed by atoms with van der Waals surface area (Å²) < 4.78 is 5.70. The number of H-pyrrole nitrogens is 1. The molecule has 0 aliphatic heterocycles. The molecule has 0 atom stereocenters. The van der Waals surface area contributed by atoms with Crippen molar-refractivity contribution in [2.75, 3.05) is 12.3 Å². The second-order valence-electron chi connectivity index (χ2n) is 5.65. The van der Waals surface area contributed by atoms with Crippen LogP contribution in [0.15, 0.2) is 29.1 Å². The van der Waals surface area contributed by atoms with E-state index in [4.69, 9.17) is 10.5 Å². The van der Waals surface area contributed by atoms with Crippen LogP contribution in [0, 0.1) is 0 Å². The lowest BCUT2D eigenvalue weighted by Crippen LogP contribution is -2.24. The van der Waals surface area contributed by atoms with Crippen LogP contribution < -0.4 is 16.0 Å². The van der Waals surface area contributed by atoms with E-state index in [9.17, 15) is 24.6 Å². The zero-order valence-electron chi connectivity index (χ0n) is 14.2. The molecule has 0 aliphatic carbocycles. The lowest BCUT2D eigenvalue weighted by molar-refractivity contribution is 0.0695. The Bertz CT molecular complexity index is 888. The number of carboxylic acids is 2. The topological polar surface area (TPSA) is 143 Å². The Labute approximate surface area is 149 Å². The molecule has 5 N–H and O–H groups in total. The van der Waals surface area contributed by atoms with Gasteiger partial charge in [0.2, 0.25) is 0 Å². The maximum absolute atomic E-state index is 12.1. The van der Waals surface area contributed by atoms with Gasteiger partial charge in [-0.2, -0.15) is 0 Å². The fourth-order valence-corrected chi connectivity index (χ4v) is 2.65. The molecule has 0 bridgehead atoms. The van der Waals surface area contributed by atoms with Crippen molar-refractivity contribution in [1.82, 2.24) is 4.98 Å². The first-order chi connectivity index (χ1) is 12.4. The Morgan fingerprint density at radius 1 is 1.12 bits per heavy atom. The quantitative estimate of drug-likeness (QED) is 0.530. The third-order valence-electron chi connectivity index (χ3n) is 3.83. The molecular formula is C18H20N2O6. The van der Waals surface area contributed by atoms with Gasteiger partial charge in [0.15, 0.2) is 0 Å². The molecule has 0 unspecified atom stereocenters. The first-order valence-corrected chi connectivity index (χ1v) is 8.13. The molecule has 0 fully saturated rings. The largest absolute Gasteiger partial charge is 0.493 e. The van der Waals surface area contributed by atoms with Crippen molar-refractivity contribution in [2.24, 2.45) is 0 Å². The molecule has 0 radical (unpaired) electrons. The maximum Gasteiger partial charge on any atom is 0.342 e. The predicted molar refractivity (Wildman–Crippen MR) is 95.8 cm³/mol. The van der Waals surface area contributed by atoms with Crippen LogP contribution in [0.3, 0.4) is 0 Å². The van der Waals surface area contributed by atoms with Crippen molar-refractivity contribution in [3.63, 3.8) is 0 Å². The van der Waals surface area contributed by atoms with Crippen molar-refractivity contribution in [3.8, 4) is 16.9 Å². The fourth-order valence-electron chi connectivity index (χ4n) is 2.65. The highest BCUT2D eigenvalue weighted by molar-refractivity contribution is 6.08. The van der Waals surface area contributed by atoms with Crippen LogP contribution in [0.4, 0.5) is 5.82 Å². The average molecular weight is 360 g/mol. The second-order valence-corrected chi connectivity index (χ2v) is 5.65. The average Bonchev–Trinajstić information content (AvgIpc) is 2.57. The summed E-state index contributed by atoms with van der Waals surface area (Å²) in [6, 6.07) is 6.37. The fraction of sp³-hybridized carbons (Fsp3) is 0.278. The Morgan fingerprint density at radius 2 is 1.77 bits per heavy atom. The molecule has 0 aliphatic rings.